The Bertz CT molecular complexity index is 757. The van der Waals surface area contributed by atoms with E-state index in [4.69, 9.17) is 4.42 Å². The van der Waals surface area contributed by atoms with E-state index in [1.807, 2.05) is 13.8 Å². The molecule has 3 rings (SSSR count). The fraction of sp³-hybridized carbons (Fsp3) is 0.471. The number of furan rings is 1. The van der Waals surface area contributed by atoms with Crippen LogP contribution in [0, 0.1) is 13.8 Å². The zero-order chi connectivity index (χ0) is 17.3. The van der Waals surface area contributed by atoms with Gasteiger partial charge in [0.15, 0.2) is 0 Å². The lowest BCUT2D eigenvalue weighted by Crippen LogP contribution is -2.50. The number of amides is 2. The van der Waals surface area contributed by atoms with E-state index >= 15 is 0 Å². The van der Waals surface area contributed by atoms with Crippen LogP contribution >= 0.6 is 11.3 Å². The summed E-state index contributed by atoms with van der Waals surface area (Å²) in [5, 5.41) is 0.970. The Labute approximate surface area is 145 Å². The van der Waals surface area contributed by atoms with Gasteiger partial charge >= 0.3 is 0 Å². The first-order valence-electron chi connectivity index (χ1n) is 8.10. The van der Waals surface area contributed by atoms with Crippen molar-refractivity contribution >= 4 is 23.2 Å². The first kappa shape index (κ1) is 16.7. The highest BCUT2D eigenvalue weighted by atomic mass is 32.1. The summed E-state index contributed by atoms with van der Waals surface area (Å²) in [6, 6.07) is 1.78. The molecule has 1 aliphatic rings. The average molecular weight is 347 g/mol. The molecule has 128 valence electrons. The van der Waals surface area contributed by atoms with Gasteiger partial charge in [-0.2, -0.15) is 0 Å². The first-order chi connectivity index (χ1) is 11.5. The Morgan fingerprint density at radius 3 is 2.29 bits per heavy atom. The van der Waals surface area contributed by atoms with Crippen LogP contribution in [0.15, 0.2) is 16.7 Å². The number of aryl methyl sites for hydroxylation is 3. The number of carbonyl (C=O) groups is 2. The number of nitrogens with zero attached hydrogens (tertiary/aromatic N) is 3. The Hall–Kier alpha value is -2.15. The Morgan fingerprint density at radius 1 is 1.17 bits per heavy atom. The molecule has 1 fully saturated rings. The summed E-state index contributed by atoms with van der Waals surface area (Å²) < 4.78 is 5.44. The zero-order valence-corrected chi connectivity index (χ0v) is 15.0. The maximum Gasteiger partial charge on any atom is 0.265 e. The van der Waals surface area contributed by atoms with Gasteiger partial charge in [-0.25, -0.2) is 4.98 Å². The number of thiazole rings is 1. The van der Waals surface area contributed by atoms with Crippen molar-refractivity contribution in [3.63, 3.8) is 0 Å². The van der Waals surface area contributed by atoms with Gasteiger partial charge in [-0.05, 0) is 26.3 Å². The lowest BCUT2D eigenvalue weighted by Gasteiger charge is -2.34. The van der Waals surface area contributed by atoms with Gasteiger partial charge in [0.05, 0.1) is 16.8 Å². The molecule has 0 aromatic carbocycles. The maximum atomic E-state index is 12.6. The number of hydrogen-bond donors (Lipinski definition) is 0. The Balaban J connectivity index is 1.62. The number of hydrogen-bond acceptors (Lipinski definition) is 5. The van der Waals surface area contributed by atoms with Gasteiger partial charge in [0.1, 0.15) is 16.4 Å². The SMILES string of the molecule is CCc1ncc(C(=O)N2CCN(C(=O)c3cc(C)oc3C)CC2)s1. The van der Waals surface area contributed by atoms with E-state index in [9.17, 15) is 9.59 Å². The second-order valence-corrected chi connectivity index (χ2v) is 7.00. The highest BCUT2D eigenvalue weighted by Gasteiger charge is 2.27. The van der Waals surface area contributed by atoms with E-state index in [1.165, 1.54) is 11.3 Å². The molecule has 2 amide bonds. The average Bonchev–Trinajstić information content (AvgIpc) is 3.20. The Kier molecular flexibility index (Phi) is 4.71. The largest absolute Gasteiger partial charge is 0.466 e. The number of aromatic nitrogens is 1. The van der Waals surface area contributed by atoms with E-state index in [1.54, 1.807) is 29.0 Å². The molecule has 1 saturated heterocycles. The van der Waals surface area contributed by atoms with Gasteiger partial charge in [-0.1, -0.05) is 6.92 Å². The topological polar surface area (TPSA) is 66.7 Å². The third-order valence-electron chi connectivity index (χ3n) is 4.19. The molecule has 2 aromatic heterocycles. The van der Waals surface area contributed by atoms with Crippen LogP contribution < -0.4 is 0 Å². The molecule has 24 heavy (non-hydrogen) atoms. The van der Waals surface area contributed by atoms with Gasteiger partial charge in [0.2, 0.25) is 0 Å². The van der Waals surface area contributed by atoms with Crippen molar-refractivity contribution < 1.29 is 14.0 Å². The maximum absolute atomic E-state index is 12.6. The van der Waals surface area contributed by atoms with Crippen LogP contribution in [0.2, 0.25) is 0 Å². The molecule has 0 saturated carbocycles. The lowest BCUT2D eigenvalue weighted by molar-refractivity contribution is 0.0537. The molecule has 0 unspecified atom stereocenters. The van der Waals surface area contributed by atoms with Crippen LogP contribution in [-0.4, -0.2) is 52.8 Å². The van der Waals surface area contributed by atoms with E-state index in [0.717, 1.165) is 17.2 Å². The van der Waals surface area contributed by atoms with Crippen LogP contribution in [0.4, 0.5) is 0 Å². The molecular formula is C17H21N3O3S. The molecule has 7 heteroatoms. The number of rotatable bonds is 3. The second-order valence-electron chi connectivity index (χ2n) is 5.88. The predicted molar refractivity (Wildman–Crippen MR) is 91.5 cm³/mol. The van der Waals surface area contributed by atoms with Crippen LogP contribution in [-0.2, 0) is 6.42 Å². The fourth-order valence-electron chi connectivity index (χ4n) is 2.85. The minimum absolute atomic E-state index is 0.00892. The quantitative estimate of drug-likeness (QED) is 0.856. The predicted octanol–water partition coefficient (Wildman–Crippen LogP) is 2.51. The van der Waals surface area contributed by atoms with Crippen molar-refractivity contribution in [2.45, 2.75) is 27.2 Å². The molecule has 0 radical (unpaired) electrons. The van der Waals surface area contributed by atoms with Crippen molar-refractivity contribution in [2.24, 2.45) is 0 Å². The molecule has 0 atom stereocenters. The van der Waals surface area contributed by atoms with Crippen molar-refractivity contribution in [1.29, 1.82) is 0 Å². The minimum Gasteiger partial charge on any atom is -0.466 e. The molecule has 0 spiro atoms. The molecule has 0 aliphatic carbocycles. The number of piperazine rings is 1. The molecule has 3 heterocycles. The highest BCUT2D eigenvalue weighted by molar-refractivity contribution is 7.13. The van der Waals surface area contributed by atoms with Crippen LogP contribution in [0.25, 0.3) is 0 Å². The van der Waals surface area contributed by atoms with Crippen molar-refractivity contribution in [2.75, 3.05) is 26.2 Å². The third-order valence-corrected chi connectivity index (χ3v) is 5.32. The van der Waals surface area contributed by atoms with Gasteiger partial charge in [0.25, 0.3) is 11.8 Å². The minimum atomic E-state index is -0.0255. The normalized spacial score (nSPS) is 15.0. The third kappa shape index (κ3) is 3.21. The first-order valence-corrected chi connectivity index (χ1v) is 8.91. The van der Waals surface area contributed by atoms with Crippen molar-refractivity contribution in [3.8, 4) is 0 Å². The summed E-state index contributed by atoms with van der Waals surface area (Å²) >= 11 is 1.45. The van der Waals surface area contributed by atoms with Gasteiger partial charge in [-0.3, -0.25) is 9.59 Å². The van der Waals surface area contributed by atoms with Crippen LogP contribution in [0.5, 0.6) is 0 Å². The second kappa shape index (κ2) is 6.76. The standard InChI is InChI=1S/C17H21N3O3S/c1-4-15-18-10-14(24-15)17(22)20-7-5-19(6-8-20)16(21)13-9-11(2)23-12(13)3/h9-10H,4-8H2,1-3H3. The van der Waals surface area contributed by atoms with E-state index < -0.39 is 0 Å². The lowest BCUT2D eigenvalue weighted by atomic mass is 10.2. The highest BCUT2D eigenvalue weighted by Crippen LogP contribution is 2.19. The summed E-state index contributed by atoms with van der Waals surface area (Å²) in [5.74, 6) is 1.37. The summed E-state index contributed by atoms with van der Waals surface area (Å²) in [7, 11) is 0. The van der Waals surface area contributed by atoms with Crippen molar-refractivity contribution in [1.82, 2.24) is 14.8 Å². The van der Waals surface area contributed by atoms with E-state index in [-0.39, 0.29) is 11.8 Å². The van der Waals surface area contributed by atoms with Crippen molar-refractivity contribution in [3.05, 3.63) is 39.2 Å². The van der Waals surface area contributed by atoms with Gasteiger partial charge < -0.3 is 14.2 Å². The fourth-order valence-corrected chi connectivity index (χ4v) is 3.68. The van der Waals surface area contributed by atoms with Gasteiger partial charge in [-0.15, -0.1) is 11.3 Å². The molecule has 0 bridgehead atoms. The Morgan fingerprint density at radius 2 is 1.79 bits per heavy atom. The summed E-state index contributed by atoms with van der Waals surface area (Å²) in [4.78, 5) is 33.6. The summed E-state index contributed by atoms with van der Waals surface area (Å²) in [6.07, 6.45) is 2.49. The summed E-state index contributed by atoms with van der Waals surface area (Å²) in [6.45, 7) is 7.81. The van der Waals surface area contributed by atoms with Gasteiger partial charge in [0, 0.05) is 26.2 Å². The molecule has 6 nitrogen and oxygen atoms in total. The monoisotopic (exact) mass is 347 g/mol. The van der Waals surface area contributed by atoms with Crippen LogP contribution in [0.1, 0.15) is 43.5 Å². The molecule has 1 aliphatic heterocycles. The molecule has 2 aromatic rings. The number of carbonyl (C=O) groups excluding carboxylic acids is 2. The zero-order valence-electron chi connectivity index (χ0n) is 14.2. The van der Waals surface area contributed by atoms with E-state index in [2.05, 4.69) is 4.98 Å². The van der Waals surface area contributed by atoms with Crippen LogP contribution in [0.3, 0.4) is 0 Å². The van der Waals surface area contributed by atoms with E-state index in [0.29, 0.717) is 42.4 Å². The molecular weight excluding hydrogens is 326 g/mol. The smallest absolute Gasteiger partial charge is 0.265 e. The molecule has 0 N–H and O–H groups in total. The summed E-state index contributed by atoms with van der Waals surface area (Å²) in [5.41, 5.74) is 0.613.